The molecule has 1 aromatic carbocycles. The molecule has 0 atom stereocenters. The molecule has 23 heavy (non-hydrogen) atoms. The van der Waals surface area contributed by atoms with Gasteiger partial charge in [0.1, 0.15) is 11.7 Å². The average molecular weight is 387 g/mol. The summed E-state index contributed by atoms with van der Waals surface area (Å²) in [6.45, 7) is 7.85. The van der Waals surface area contributed by atoms with Gasteiger partial charge >= 0.3 is 11.8 Å². The number of halogens is 1. The first-order chi connectivity index (χ1) is 10.6. The van der Waals surface area contributed by atoms with Crippen LogP contribution < -0.4 is 4.74 Å². The summed E-state index contributed by atoms with van der Waals surface area (Å²) in [7, 11) is 0. The molecule has 1 aliphatic heterocycles. The Kier molecular flexibility index (Phi) is 4.84. The summed E-state index contributed by atoms with van der Waals surface area (Å²) in [5, 5.41) is 11.1. The maximum absolute atomic E-state index is 11.8. The highest BCUT2D eigenvalue weighted by Crippen LogP contribution is 2.34. The summed E-state index contributed by atoms with van der Waals surface area (Å²) in [6.07, 6.45) is -0.687. The van der Waals surface area contributed by atoms with Gasteiger partial charge in [0.05, 0.1) is 18.0 Å². The third-order valence-electron chi connectivity index (χ3n) is 3.23. The van der Waals surface area contributed by atoms with E-state index in [1.807, 2.05) is 0 Å². The Hall–Kier alpha value is -1.83. The second kappa shape index (κ2) is 6.35. The number of aryl methyl sites for hydroxylation is 1. The van der Waals surface area contributed by atoms with Crippen LogP contribution in [0.4, 0.5) is 10.5 Å². The SMILES string of the molecule is Cc1cc([N+](=O)[O-])c(OC2CN(C(=O)OC(C)(C)C)C2)cc1Br. The van der Waals surface area contributed by atoms with Gasteiger partial charge in [0, 0.05) is 16.6 Å². The van der Waals surface area contributed by atoms with Crippen LogP contribution in [0.2, 0.25) is 0 Å². The number of ether oxygens (including phenoxy) is 2. The van der Waals surface area contributed by atoms with Gasteiger partial charge in [0.15, 0.2) is 5.75 Å². The molecule has 0 aromatic heterocycles. The number of nitro groups is 1. The predicted molar refractivity (Wildman–Crippen MR) is 87.8 cm³/mol. The van der Waals surface area contributed by atoms with Crippen molar-refractivity contribution in [3.8, 4) is 5.75 Å². The van der Waals surface area contributed by atoms with Crippen molar-refractivity contribution < 1.29 is 19.2 Å². The van der Waals surface area contributed by atoms with E-state index in [1.165, 1.54) is 11.0 Å². The zero-order valence-corrected chi connectivity index (χ0v) is 15.0. The summed E-state index contributed by atoms with van der Waals surface area (Å²) in [5.74, 6) is 0.196. The van der Waals surface area contributed by atoms with Gasteiger partial charge in [-0.15, -0.1) is 0 Å². The second-order valence-corrected chi connectivity index (χ2v) is 7.31. The van der Waals surface area contributed by atoms with Gasteiger partial charge in [-0.2, -0.15) is 0 Å². The minimum Gasteiger partial charge on any atom is -0.480 e. The standard InChI is InChI=1S/C15H19BrN2O5/c1-9-5-12(18(20)21)13(6-11(9)16)22-10-7-17(8-10)14(19)23-15(2,3)4/h5-6,10H,7-8H2,1-4H3. The highest BCUT2D eigenvalue weighted by atomic mass is 79.9. The fourth-order valence-electron chi connectivity index (χ4n) is 2.05. The number of nitro benzene ring substituents is 1. The summed E-state index contributed by atoms with van der Waals surface area (Å²) in [5.41, 5.74) is 0.123. The third-order valence-corrected chi connectivity index (χ3v) is 4.08. The Labute approximate surface area is 142 Å². The van der Waals surface area contributed by atoms with Crippen LogP contribution in [0.1, 0.15) is 26.3 Å². The molecule has 0 bridgehead atoms. The van der Waals surface area contributed by atoms with Crippen molar-refractivity contribution in [2.45, 2.75) is 39.4 Å². The first-order valence-electron chi connectivity index (χ1n) is 7.16. The van der Waals surface area contributed by atoms with Crippen LogP contribution in [0.5, 0.6) is 5.75 Å². The van der Waals surface area contributed by atoms with E-state index < -0.39 is 16.6 Å². The van der Waals surface area contributed by atoms with Crippen molar-refractivity contribution >= 4 is 27.7 Å². The van der Waals surface area contributed by atoms with E-state index >= 15 is 0 Å². The Morgan fingerprint density at radius 2 is 2.00 bits per heavy atom. The van der Waals surface area contributed by atoms with Crippen LogP contribution in [-0.4, -0.2) is 40.7 Å². The second-order valence-electron chi connectivity index (χ2n) is 6.45. The summed E-state index contributed by atoms with van der Waals surface area (Å²) in [4.78, 5) is 24.0. The summed E-state index contributed by atoms with van der Waals surface area (Å²) >= 11 is 3.34. The largest absolute Gasteiger partial charge is 0.480 e. The van der Waals surface area contributed by atoms with Gasteiger partial charge in [-0.1, -0.05) is 15.9 Å². The van der Waals surface area contributed by atoms with Crippen LogP contribution in [-0.2, 0) is 4.74 Å². The molecule has 0 N–H and O–H groups in total. The fourth-order valence-corrected chi connectivity index (χ4v) is 2.38. The lowest BCUT2D eigenvalue weighted by molar-refractivity contribution is -0.386. The Bertz CT molecular complexity index is 635. The molecule has 2 rings (SSSR count). The molecule has 0 unspecified atom stereocenters. The number of benzene rings is 1. The number of likely N-dealkylation sites (tertiary alicyclic amines) is 1. The van der Waals surface area contributed by atoms with Crippen molar-refractivity contribution in [2.75, 3.05) is 13.1 Å². The molecule has 1 amide bonds. The third kappa shape index (κ3) is 4.34. The van der Waals surface area contributed by atoms with Gasteiger partial charge in [-0.25, -0.2) is 4.79 Å². The highest BCUT2D eigenvalue weighted by Gasteiger charge is 2.36. The molecule has 1 heterocycles. The van der Waals surface area contributed by atoms with Crippen LogP contribution >= 0.6 is 15.9 Å². The maximum Gasteiger partial charge on any atom is 0.410 e. The van der Waals surface area contributed by atoms with Crippen LogP contribution in [0.25, 0.3) is 0 Å². The van der Waals surface area contributed by atoms with Crippen molar-refractivity contribution in [3.63, 3.8) is 0 Å². The highest BCUT2D eigenvalue weighted by molar-refractivity contribution is 9.10. The van der Waals surface area contributed by atoms with Crippen LogP contribution in [0.3, 0.4) is 0 Å². The number of nitrogens with zero attached hydrogens (tertiary/aromatic N) is 2. The molecule has 0 spiro atoms. The number of amides is 1. The van der Waals surface area contributed by atoms with E-state index in [4.69, 9.17) is 9.47 Å². The molecule has 1 saturated heterocycles. The first-order valence-corrected chi connectivity index (χ1v) is 7.95. The van der Waals surface area contributed by atoms with Crippen molar-refractivity contribution in [1.82, 2.24) is 4.90 Å². The van der Waals surface area contributed by atoms with Gasteiger partial charge in [0.2, 0.25) is 0 Å². The van der Waals surface area contributed by atoms with E-state index in [1.54, 1.807) is 33.8 Å². The van der Waals surface area contributed by atoms with Crippen molar-refractivity contribution in [1.29, 1.82) is 0 Å². The van der Waals surface area contributed by atoms with E-state index in [9.17, 15) is 14.9 Å². The van der Waals surface area contributed by atoms with Gasteiger partial charge < -0.3 is 14.4 Å². The van der Waals surface area contributed by atoms with Gasteiger partial charge in [0.25, 0.3) is 0 Å². The number of rotatable bonds is 3. The molecular weight excluding hydrogens is 368 g/mol. The minimum atomic E-state index is -0.552. The Balaban J connectivity index is 1.99. The molecule has 126 valence electrons. The van der Waals surface area contributed by atoms with E-state index in [-0.39, 0.29) is 17.5 Å². The zero-order chi connectivity index (χ0) is 17.4. The molecule has 7 nitrogen and oxygen atoms in total. The first kappa shape index (κ1) is 17.5. The lowest BCUT2D eigenvalue weighted by atomic mass is 10.1. The number of hydrogen-bond acceptors (Lipinski definition) is 5. The number of hydrogen-bond donors (Lipinski definition) is 0. The minimum absolute atomic E-state index is 0.0820. The van der Waals surface area contributed by atoms with E-state index in [0.717, 1.165) is 10.0 Å². The van der Waals surface area contributed by atoms with E-state index in [0.29, 0.717) is 13.1 Å². The average Bonchev–Trinajstić information content (AvgIpc) is 2.34. The molecule has 8 heteroatoms. The predicted octanol–water partition coefficient (Wildman–Crippen LogP) is 3.66. The summed E-state index contributed by atoms with van der Waals surface area (Å²) in [6, 6.07) is 3.05. The molecule has 1 aromatic rings. The summed E-state index contributed by atoms with van der Waals surface area (Å²) < 4.78 is 11.7. The van der Waals surface area contributed by atoms with Crippen LogP contribution in [0.15, 0.2) is 16.6 Å². The molecule has 0 radical (unpaired) electrons. The topological polar surface area (TPSA) is 81.9 Å². The zero-order valence-electron chi connectivity index (χ0n) is 13.5. The van der Waals surface area contributed by atoms with Crippen LogP contribution in [0, 0.1) is 17.0 Å². The molecule has 0 saturated carbocycles. The quantitative estimate of drug-likeness (QED) is 0.584. The molecule has 0 aliphatic carbocycles. The smallest absolute Gasteiger partial charge is 0.410 e. The number of carbonyl (C=O) groups excluding carboxylic acids is 1. The van der Waals surface area contributed by atoms with E-state index in [2.05, 4.69) is 15.9 Å². The van der Waals surface area contributed by atoms with Crippen molar-refractivity contribution in [3.05, 3.63) is 32.3 Å². The maximum atomic E-state index is 11.8. The molecule has 1 aliphatic rings. The number of carbonyl (C=O) groups is 1. The van der Waals surface area contributed by atoms with Gasteiger partial charge in [-0.3, -0.25) is 10.1 Å². The fraction of sp³-hybridized carbons (Fsp3) is 0.533. The molecular formula is C15H19BrN2O5. The lowest BCUT2D eigenvalue weighted by Gasteiger charge is -2.39. The monoisotopic (exact) mass is 386 g/mol. The van der Waals surface area contributed by atoms with Gasteiger partial charge in [-0.05, 0) is 33.3 Å². The Morgan fingerprint density at radius 1 is 1.39 bits per heavy atom. The molecule has 1 fully saturated rings. The van der Waals surface area contributed by atoms with Crippen molar-refractivity contribution in [2.24, 2.45) is 0 Å². The normalized spacial score (nSPS) is 15.1. The lowest BCUT2D eigenvalue weighted by Crippen LogP contribution is -2.57. The Morgan fingerprint density at radius 3 is 2.52 bits per heavy atom.